The molecule has 0 spiro atoms. The molecule has 0 aliphatic carbocycles. The van der Waals surface area contributed by atoms with Crippen LogP contribution >= 0.6 is 22.7 Å². The number of thiazole rings is 2. The van der Waals surface area contributed by atoms with Crippen molar-refractivity contribution >= 4 is 49.1 Å². The molecule has 1 amide bonds. The van der Waals surface area contributed by atoms with E-state index >= 15 is 0 Å². The number of carbonyl (C=O) groups excluding carboxylic acids is 1. The number of fused-ring (bicyclic) bond motifs is 1. The van der Waals surface area contributed by atoms with E-state index in [4.69, 9.17) is 10.5 Å². The highest BCUT2D eigenvalue weighted by molar-refractivity contribution is 7.22. The minimum Gasteiger partial charge on any atom is -0.381 e. The molecule has 0 unspecified atom stereocenters. The van der Waals surface area contributed by atoms with Gasteiger partial charge in [0.1, 0.15) is 10.4 Å². The first-order valence-corrected chi connectivity index (χ1v) is 9.61. The van der Waals surface area contributed by atoms with Gasteiger partial charge in [-0.2, -0.15) is 0 Å². The summed E-state index contributed by atoms with van der Waals surface area (Å²) in [6, 6.07) is 0. The van der Waals surface area contributed by atoms with Crippen molar-refractivity contribution in [3.05, 3.63) is 28.5 Å². The molecule has 7 nitrogen and oxygen atoms in total. The monoisotopic (exact) mass is 375 g/mol. The van der Waals surface area contributed by atoms with Gasteiger partial charge in [0.2, 0.25) is 0 Å². The fourth-order valence-corrected chi connectivity index (χ4v) is 4.63. The van der Waals surface area contributed by atoms with Crippen LogP contribution in [0, 0.1) is 6.92 Å². The largest absolute Gasteiger partial charge is 0.381 e. The number of ether oxygens (including phenoxy) is 1. The van der Waals surface area contributed by atoms with Crippen LogP contribution in [-0.2, 0) is 4.74 Å². The van der Waals surface area contributed by atoms with Crippen LogP contribution in [0.25, 0.3) is 10.2 Å². The highest BCUT2D eigenvalue weighted by atomic mass is 32.1. The van der Waals surface area contributed by atoms with E-state index in [0.717, 1.165) is 53.3 Å². The van der Waals surface area contributed by atoms with Crippen LogP contribution in [0.3, 0.4) is 0 Å². The van der Waals surface area contributed by atoms with E-state index in [1.54, 1.807) is 0 Å². The number of nitrogen functional groups attached to an aromatic ring is 1. The fourth-order valence-electron chi connectivity index (χ4n) is 2.95. The second-order valence-corrected chi connectivity index (χ2v) is 7.96. The van der Waals surface area contributed by atoms with Crippen LogP contribution in [0.5, 0.6) is 0 Å². The first-order chi connectivity index (χ1) is 12.1. The summed E-state index contributed by atoms with van der Waals surface area (Å²) in [7, 11) is 0. The average Bonchev–Trinajstić information content (AvgIpc) is 3.23. The molecule has 0 atom stereocenters. The van der Waals surface area contributed by atoms with Crippen LogP contribution in [0.1, 0.15) is 39.7 Å². The Labute approximate surface area is 152 Å². The van der Waals surface area contributed by atoms with E-state index in [9.17, 15) is 4.79 Å². The quantitative estimate of drug-likeness (QED) is 0.729. The van der Waals surface area contributed by atoms with Gasteiger partial charge in [-0.15, -0.1) is 0 Å². The van der Waals surface area contributed by atoms with Crippen molar-refractivity contribution in [1.82, 2.24) is 15.0 Å². The molecular formula is C16H17N5O2S2. The molecule has 0 saturated carbocycles. The van der Waals surface area contributed by atoms with E-state index in [1.807, 2.05) is 13.1 Å². The predicted molar refractivity (Wildman–Crippen MR) is 99.4 cm³/mol. The molecule has 1 aliphatic rings. The summed E-state index contributed by atoms with van der Waals surface area (Å²) in [5, 5.41) is 3.79. The number of hydrogen-bond donors (Lipinski definition) is 2. The summed E-state index contributed by atoms with van der Waals surface area (Å²) in [4.78, 5) is 25.8. The van der Waals surface area contributed by atoms with Gasteiger partial charge in [-0.05, 0) is 31.2 Å². The lowest BCUT2D eigenvalue weighted by atomic mass is 9.92. The number of hydrogen-bond acceptors (Lipinski definition) is 8. The van der Waals surface area contributed by atoms with Crippen LogP contribution in [0.2, 0.25) is 0 Å². The summed E-state index contributed by atoms with van der Waals surface area (Å²) < 4.78 is 6.56. The Hall–Kier alpha value is -2.10. The van der Waals surface area contributed by atoms with Gasteiger partial charge >= 0.3 is 0 Å². The maximum absolute atomic E-state index is 12.3. The Morgan fingerprint density at radius 3 is 2.80 bits per heavy atom. The lowest BCUT2D eigenvalue weighted by molar-refractivity contribution is 0.0856. The van der Waals surface area contributed by atoms with Gasteiger partial charge in [-0.3, -0.25) is 15.1 Å². The van der Waals surface area contributed by atoms with Crippen molar-refractivity contribution in [1.29, 1.82) is 0 Å². The number of nitrogens with one attached hydrogen (secondary N) is 1. The maximum Gasteiger partial charge on any atom is 0.269 e. The number of rotatable bonds is 3. The van der Waals surface area contributed by atoms with Crippen molar-refractivity contribution in [2.45, 2.75) is 25.7 Å². The molecule has 0 bridgehead atoms. The van der Waals surface area contributed by atoms with Gasteiger partial charge in [-0.25, -0.2) is 9.97 Å². The van der Waals surface area contributed by atoms with Crippen molar-refractivity contribution in [3.63, 3.8) is 0 Å². The van der Waals surface area contributed by atoms with Crippen molar-refractivity contribution < 1.29 is 9.53 Å². The number of anilines is 2. The van der Waals surface area contributed by atoms with E-state index in [0.29, 0.717) is 21.1 Å². The predicted octanol–water partition coefficient (Wildman–Crippen LogP) is 3.18. The smallest absolute Gasteiger partial charge is 0.269 e. The number of carbonyl (C=O) groups is 1. The van der Waals surface area contributed by atoms with E-state index in [-0.39, 0.29) is 5.91 Å². The number of nitrogens with zero attached hydrogens (tertiary/aromatic N) is 3. The normalized spacial score (nSPS) is 15.6. The zero-order valence-corrected chi connectivity index (χ0v) is 15.2. The van der Waals surface area contributed by atoms with Gasteiger partial charge in [-0.1, -0.05) is 22.7 Å². The van der Waals surface area contributed by atoms with Crippen LogP contribution < -0.4 is 11.1 Å². The second kappa shape index (κ2) is 6.66. The van der Waals surface area contributed by atoms with Crippen LogP contribution in [0.15, 0.2) is 12.4 Å². The maximum atomic E-state index is 12.3. The van der Waals surface area contributed by atoms with Crippen molar-refractivity contribution in [2.75, 3.05) is 24.3 Å². The summed E-state index contributed by atoms with van der Waals surface area (Å²) in [5.41, 5.74) is 8.51. The molecule has 3 aromatic rings. The van der Waals surface area contributed by atoms with Crippen LogP contribution in [-0.4, -0.2) is 34.1 Å². The van der Waals surface area contributed by atoms with Crippen molar-refractivity contribution in [3.8, 4) is 0 Å². The molecule has 9 heteroatoms. The number of amides is 1. The van der Waals surface area contributed by atoms with E-state index < -0.39 is 0 Å². The highest BCUT2D eigenvalue weighted by Crippen LogP contribution is 2.37. The number of nitrogens with two attached hydrogens (primary N) is 1. The SMILES string of the molecule is Cc1ncc(C2CCOCC2)c2sc(NC(=O)c3cnc(N)s3)nc12. The molecule has 25 heavy (non-hydrogen) atoms. The Morgan fingerprint density at radius 2 is 2.08 bits per heavy atom. The van der Waals surface area contributed by atoms with Gasteiger partial charge < -0.3 is 10.5 Å². The number of aromatic nitrogens is 3. The molecule has 0 aromatic carbocycles. The van der Waals surface area contributed by atoms with Crippen LogP contribution in [0.4, 0.5) is 10.3 Å². The first-order valence-electron chi connectivity index (χ1n) is 7.98. The lowest BCUT2D eigenvalue weighted by Gasteiger charge is -2.22. The zero-order chi connectivity index (χ0) is 17.4. The number of pyridine rings is 1. The molecule has 1 fully saturated rings. The third kappa shape index (κ3) is 3.22. The van der Waals surface area contributed by atoms with Gasteiger partial charge in [0.05, 0.1) is 16.6 Å². The Balaban J connectivity index is 1.66. The first kappa shape index (κ1) is 16.4. The summed E-state index contributed by atoms with van der Waals surface area (Å²) in [6.07, 6.45) is 5.39. The molecule has 4 heterocycles. The van der Waals surface area contributed by atoms with E-state index in [1.165, 1.54) is 23.1 Å². The topological polar surface area (TPSA) is 103 Å². The zero-order valence-electron chi connectivity index (χ0n) is 13.6. The molecule has 3 N–H and O–H groups in total. The third-order valence-corrected chi connectivity index (χ3v) is 6.10. The second-order valence-electron chi connectivity index (χ2n) is 5.90. The standard InChI is InChI=1S/C16H17N5O2S2/c1-8-12-13(10(6-18-8)9-2-4-23-5-3-9)25-16(20-12)21-14(22)11-7-19-15(17)24-11/h6-7,9H,2-5H2,1H3,(H2,17,19)(H,20,21,22). The van der Waals surface area contributed by atoms with Gasteiger partial charge in [0, 0.05) is 19.4 Å². The van der Waals surface area contributed by atoms with Gasteiger partial charge in [0.15, 0.2) is 10.3 Å². The third-order valence-electron chi connectivity index (χ3n) is 4.26. The number of aryl methyl sites for hydroxylation is 1. The fraction of sp³-hybridized carbons (Fsp3) is 0.375. The molecule has 0 radical (unpaired) electrons. The molecule has 130 valence electrons. The Kier molecular flexibility index (Phi) is 4.36. The highest BCUT2D eigenvalue weighted by Gasteiger charge is 2.22. The minimum atomic E-state index is -0.244. The molecule has 4 rings (SSSR count). The summed E-state index contributed by atoms with van der Waals surface area (Å²) in [5.74, 6) is 0.182. The molecular weight excluding hydrogens is 358 g/mol. The van der Waals surface area contributed by atoms with Crippen molar-refractivity contribution in [2.24, 2.45) is 0 Å². The summed E-state index contributed by atoms with van der Waals surface area (Å²) in [6.45, 7) is 3.48. The molecule has 1 saturated heterocycles. The Morgan fingerprint density at radius 1 is 1.28 bits per heavy atom. The lowest BCUT2D eigenvalue weighted by Crippen LogP contribution is -2.14. The Bertz CT molecular complexity index is 930. The average molecular weight is 375 g/mol. The minimum absolute atomic E-state index is 0.244. The summed E-state index contributed by atoms with van der Waals surface area (Å²) >= 11 is 2.65. The molecule has 3 aromatic heterocycles. The van der Waals surface area contributed by atoms with Gasteiger partial charge in [0.25, 0.3) is 5.91 Å². The van der Waals surface area contributed by atoms with E-state index in [2.05, 4.69) is 20.3 Å². The molecule has 1 aliphatic heterocycles.